The Hall–Kier alpha value is -1.61. The first-order valence-corrected chi connectivity index (χ1v) is 11.5. The van der Waals surface area contributed by atoms with Crippen molar-refractivity contribution in [2.75, 3.05) is 33.2 Å². The van der Waals surface area contributed by atoms with Gasteiger partial charge < -0.3 is 15.1 Å². The highest BCUT2D eigenvalue weighted by molar-refractivity contribution is 14.0. The van der Waals surface area contributed by atoms with Crippen molar-refractivity contribution in [3.05, 3.63) is 57.8 Å². The molecule has 2 aromatic rings. The molecular formula is C23H33IN4OS. The number of hydrogen-bond donors (Lipinski definition) is 1. The maximum Gasteiger partial charge on any atom is 0.253 e. The van der Waals surface area contributed by atoms with Crippen LogP contribution in [0.4, 0.5) is 0 Å². The molecule has 0 atom stereocenters. The Morgan fingerprint density at radius 1 is 1.17 bits per heavy atom. The largest absolute Gasteiger partial charge is 0.357 e. The molecule has 0 unspecified atom stereocenters. The van der Waals surface area contributed by atoms with Crippen molar-refractivity contribution in [3.8, 4) is 0 Å². The third kappa shape index (κ3) is 7.27. The molecule has 0 spiro atoms. The smallest absolute Gasteiger partial charge is 0.253 e. The van der Waals surface area contributed by atoms with E-state index >= 15 is 0 Å². The maximum absolute atomic E-state index is 12.6. The molecule has 1 aromatic carbocycles. The van der Waals surface area contributed by atoms with Crippen molar-refractivity contribution in [2.45, 2.75) is 39.2 Å². The van der Waals surface area contributed by atoms with Gasteiger partial charge in [-0.3, -0.25) is 4.79 Å². The molecule has 5 nitrogen and oxygen atoms in total. The molecule has 3 rings (SSSR count). The van der Waals surface area contributed by atoms with Crippen LogP contribution in [-0.2, 0) is 13.0 Å². The molecule has 30 heavy (non-hydrogen) atoms. The van der Waals surface area contributed by atoms with Gasteiger partial charge >= 0.3 is 0 Å². The number of aliphatic imine (C=N–C) groups is 1. The summed E-state index contributed by atoms with van der Waals surface area (Å²) in [5.74, 6) is 1.07. The number of halogens is 1. The quantitative estimate of drug-likeness (QED) is 0.317. The van der Waals surface area contributed by atoms with Gasteiger partial charge in [0.25, 0.3) is 5.91 Å². The number of likely N-dealkylation sites (tertiary alicyclic amines) is 1. The number of carbonyl (C=O) groups excluding carboxylic acids is 1. The van der Waals surface area contributed by atoms with Crippen molar-refractivity contribution in [1.82, 2.24) is 15.1 Å². The molecule has 0 aliphatic carbocycles. The number of carbonyl (C=O) groups is 1. The van der Waals surface area contributed by atoms with Gasteiger partial charge in [-0.1, -0.05) is 18.2 Å². The summed E-state index contributed by atoms with van der Waals surface area (Å²) >= 11 is 1.80. The van der Waals surface area contributed by atoms with Crippen LogP contribution < -0.4 is 5.32 Å². The molecule has 1 saturated heterocycles. The molecule has 1 aliphatic heterocycles. The lowest BCUT2D eigenvalue weighted by molar-refractivity contribution is 0.0724. The standard InChI is InChI=1S/C23H32N4OS.HI/c1-3-24-23(26(2)16-13-21-8-7-17-29-21)25-18-19-9-11-20(12-10-19)22(28)27-14-5-4-6-15-27;/h7-12,17H,3-6,13-16,18H2,1-2H3,(H,24,25);1H. The maximum atomic E-state index is 12.6. The summed E-state index contributed by atoms with van der Waals surface area (Å²) < 4.78 is 0. The zero-order chi connectivity index (χ0) is 20.5. The second-order valence-corrected chi connectivity index (χ2v) is 8.50. The summed E-state index contributed by atoms with van der Waals surface area (Å²) in [5, 5.41) is 5.49. The van der Waals surface area contributed by atoms with Gasteiger partial charge in [0.05, 0.1) is 6.54 Å². The lowest BCUT2D eigenvalue weighted by atomic mass is 10.1. The van der Waals surface area contributed by atoms with Crippen molar-refractivity contribution < 1.29 is 4.79 Å². The van der Waals surface area contributed by atoms with Gasteiger partial charge in [-0.15, -0.1) is 35.3 Å². The predicted molar refractivity (Wildman–Crippen MR) is 137 cm³/mol. The zero-order valence-electron chi connectivity index (χ0n) is 18.0. The summed E-state index contributed by atoms with van der Waals surface area (Å²) in [4.78, 5) is 22.9. The molecule has 0 saturated carbocycles. The van der Waals surface area contributed by atoms with Gasteiger partial charge in [0.15, 0.2) is 5.96 Å². The minimum absolute atomic E-state index is 0. The van der Waals surface area contributed by atoms with E-state index in [1.54, 1.807) is 11.3 Å². The molecule has 1 amide bonds. The number of piperidine rings is 1. The fraction of sp³-hybridized carbons (Fsp3) is 0.478. The number of nitrogens with zero attached hydrogens (tertiary/aromatic N) is 3. The van der Waals surface area contributed by atoms with Gasteiger partial charge in [-0.25, -0.2) is 4.99 Å². The van der Waals surface area contributed by atoms with E-state index in [-0.39, 0.29) is 29.9 Å². The zero-order valence-corrected chi connectivity index (χ0v) is 21.1. The highest BCUT2D eigenvalue weighted by atomic mass is 127. The monoisotopic (exact) mass is 540 g/mol. The van der Waals surface area contributed by atoms with Gasteiger partial charge in [-0.2, -0.15) is 0 Å². The Morgan fingerprint density at radius 2 is 1.90 bits per heavy atom. The molecule has 0 radical (unpaired) electrons. The minimum atomic E-state index is 0. The SMILES string of the molecule is CCNC(=NCc1ccc(C(=O)N2CCCCC2)cc1)N(C)CCc1cccs1.I. The van der Waals surface area contributed by atoms with Crippen LogP contribution in [-0.4, -0.2) is 54.9 Å². The first-order chi connectivity index (χ1) is 14.2. The van der Waals surface area contributed by atoms with Crippen molar-refractivity contribution in [3.63, 3.8) is 0 Å². The number of guanidine groups is 1. The Morgan fingerprint density at radius 3 is 2.53 bits per heavy atom. The minimum Gasteiger partial charge on any atom is -0.357 e. The average molecular weight is 541 g/mol. The number of thiophene rings is 1. The fourth-order valence-corrected chi connectivity index (χ4v) is 4.20. The normalized spacial score (nSPS) is 14.2. The van der Waals surface area contributed by atoms with E-state index in [2.05, 4.69) is 41.7 Å². The lowest BCUT2D eigenvalue weighted by Crippen LogP contribution is -2.39. The Labute approximate surface area is 201 Å². The molecule has 1 aliphatic rings. The third-order valence-corrected chi connectivity index (χ3v) is 6.16. The van der Waals surface area contributed by atoms with E-state index in [4.69, 9.17) is 4.99 Å². The Kier molecular flexibility index (Phi) is 10.6. The van der Waals surface area contributed by atoms with Crippen LogP contribution in [0.15, 0.2) is 46.8 Å². The summed E-state index contributed by atoms with van der Waals surface area (Å²) in [6, 6.07) is 12.2. The van der Waals surface area contributed by atoms with E-state index in [0.29, 0.717) is 6.54 Å². The van der Waals surface area contributed by atoms with Crippen LogP contribution in [0.2, 0.25) is 0 Å². The summed E-state index contributed by atoms with van der Waals surface area (Å²) in [6.45, 7) is 6.22. The number of rotatable bonds is 7. The van der Waals surface area contributed by atoms with Gasteiger partial charge in [0.2, 0.25) is 0 Å². The van der Waals surface area contributed by atoms with Crippen LogP contribution in [0.5, 0.6) is 0 Å². The van der Waals surface area contributed by atoms with Gasteiger partial charge in [0.1, 0.15) is 0 Å². The lowest BCUT2D eigenvalue weighted by Gasteiger charge is -2.26. The molecular weight excluding hydrogens is 507 g/mol. The Bertz CT molecular complexity index is 786. The second kappa shape index (κ2) is 12.9. The average Bonchev–Trinajstić information content (AvgIpc) is 3.29. The number of likely N-dealkylation sites (N-methyl/N-ethyl adjacent to an activating group) is 1. The molecule has 1 N–H and O–H groups in total. The number of nitrogens with one attached hydrogen (secondary N) is 1. The second-order valence-electron chi connectivity index (χ2n) is 7.47. The molecule has 164 valence electrons. The first-order valence-electron chi connectivity index (χ1n) is 10.6. The summed E-state index contributed by atoms with van der Waals surface area (Å²) in [5.41, 5.74) is 1.89. The van der Waals surface area contributed by atoms with Crippen molar-refractivity contribution in [1.29, 1.82) is 0 Å². The Balaban J connectivity index is 0.00000320. The van der Waals surface area contributed by atoms with E-state index in [0.717, 1.165) is 62.5 Å². The van der Waals surface area contributed by atoms with Crippen molar-refractivity contribution >= 4 is 47.2 Å². The van der Waals surface area contributed by atoms with E-state index < -0.39 is 0 Å². The van der Waals surface area contributed by atoms with E-state index in [1.165, 1.54) is 11.3 Å². The number of hydrogen-bond acceptors (Lipinski definition) is 3. The van der Waals surface area contributed by atoms with Crippen LogP contribution in [0.1, 0.15) is 47.0 Å². The van der Waals surface area contributed by atoms with Crippen molar-refractivity contribution in [2.24, 2.45) is 4.99 Å². The molecule has 1 fully saturated rings. The molecule has 2 heterocycles. The molecule has 0 bridgehead atoms. The van der Waals surface area contributed by atoms with Gasteiger partial charge in [0, 0.05) is 43.7 Å². The number of benzene rings is 1. The fourth-order valence-electron chi connectivity index (χ4n) is 3.51. The summed E-state index contributed by atoms with van der Waals surface area (Å²) in [6.07, 6.45) is 4.49. The first kappa shape index (κ1) is 24.7. The topological polar surface area (TPSA) is 47.9 Å². The van der Waals surface area contributed by atoms with Crippen LogP contribution in [0, 0.1) is 0 Å². The van der Waals surface area contributed by atoms with Crippen LogP contribution >= 0.6 is 35.3 Å². The molecule has 1 aromatic heterocycles. The summed E-state index contributed by atoms with van der Waals surface area (Å²) in [7, 11) is 2.08. The van der Waals surface area contributed by atoms with Gasteiger partial charge in [-0.05, 0) is 61.7 Å². The van der Waals surface area contributed by atoms with Crippen LogP contribution in [0.3, 0.4) is 0 Å². The predicted octanol–water partition coefficient (Wildman–Crippen LogP) is 4.63. The highest BCUT2D eigenvalue weighted by Gasteiger charge is 2.17. The van der Waals surface area contributed by atoms with Crippen LogP contribution in [0.25, 0.3) is 0 Å². The highest BCUT2D eigenvalue weighted by Crippen LogP contribution is 2.14. The van der Waals surface area contributed by atoms with E-state index in [1.807, 2.05) is 29.2 Å². The third-order valence-electron chi connectivity index (χ3n) is 5.23. The van der Waals surface area contributed by atoms with E-state index in [9.17, 15) is 4.79 Å². The molecule has 7 heteroatoms. The number of amides is 1.